The number of carbonyl (C=O) groups is 1. The van der Waals surface area contributed by atoms with E-state index in [9.17, 15) is 13.2 Å². The number of ether oxygens (including phenoxy) is 1. The lowest BCUT2D eigenvalue weighted by Gasteiger charge is -2.14. The van der Waals surface area contributed by atoms with Crippen molar-refractivity contribution < 1.29 is 17.9 Å². The molecule has 12 heteroatoms. The third-order valence-electron chi connectivity index (χ3n) is 4.34. The summed E-state index contributed by atoms with van der Waals surface area (Å²) in [6.07, 6.45) is 0.473. The number of aromatic amines is 1. The third-order valence-corrected chi connectivity index (χ3v) is 5.19. The fourth-order valence-corrected chi connectivity index (χ4v) is 3.80. The summed E-state index contributed by atoms with van der Waals surface area (Å²) in [7, 11) is -4.12. The number of cyclic esters (lactones) is 1. The molecule has 0 radical (unpaired) electrons. The van der Waals surface area contributed by atoms with E-state index in [1.54, 1.807) is 30.3 Å². The van der Waals surface area contributed by atoms with Crippen LogP contribution in [0.25, 0.3) is 22.5 Å². The quantitative estimate of drug-likeness (QED) is 0.576. The van der Waals surface area contributed by atoms with Gasteiger partial charge in [0.1, 0.15) is 6.10 Å². The molecule has 0 saturated carbocycles. The monoisotopic (exact) mass is 401 g/mol. The van der Waals surface area contributed by atoms with E-state index in [-0.39, 0.29) is 22.5 Å². The number of nitrogens with zero attached hydrogens (tertiary/aromatic N) is 4. The van der Waals surface area contributed by atoms with Gasteiger partial charge >= 0.3 is 6.09 Å². The maximum Gasteiger partial charge on any atom is 0.408 e. The highest BCUT2D eigenvalue weighted by molar-refractivity contribution is 7.89. The normalized spacial score (nSPS) is 19.3. The molecule has 1 aromatic carbocycles. The van der Waals surface area contributed by atoms with Crippen LogP contribution in [0, 0.1) is 0 Å². The standard InChI is InChI=1S/C16H15N7O4S/c1-8-13(27-16(24)19-8)10-4-2-9(3-5-10)11-6-7-18-15(28(17,25)26)12(11)14-20-22-23-21-14/h2-8,13H,1H3,(H,19,24)(H2,17,25,26)(H,20,21,22,23). The number of alkyl carbamates (subject to hydrolysis) is 1. The second kappa shape index (κ2) is 6.65. The molecule has 28 heavy (non-hydrogen) atoms. The zero-order valence-electron chi connectivity index (χ0n) is 14.5. The number of carbonyl (C=O) groups excluding carboxylic acids is 1. The van der Waals surface area contributed by atoms with Gasteiger partial charge in [-0.1, -0.05) is 24.3 Å². The van der Waals surface area contributed by atoms with Gasteiger partial charge in [-0.3, -0.25) is 0 Å². The number of nitrogens with two attached hydrogens (primary N) is 1. The highest BCUT2D eigenvalue weighted by Crippen LogP contribution is 2.35. The summed E-state index contributed by atoms with van der Waals surface area (Å²) in [5.41, 5.74) is 2.15. The Morgan fingerprint density at radius 1 is 1.18 bits per heavy atom. The largest absolute Gasteiger partial charge is 0.439 e. The predicted molar refractivity (Wildman–Crippen MR) is 96.0 cm³/mol. The van der Waals surface area contributed by atoms with Crippen LogP contribution >= 0.6 is 0 Å². The van der Waals surface area contributed by atoms with Crippen molar-refractivity contribution in [2.75, 3.05) is 0 Å². The van der Waals surface area contributed by atoms with Crippen LogP contribution < -0.4 is 10.5 Å². The number of sulfonamides is 1. The number of hydrogen-bond acceptors (Lipinski definition) is 8. The van der Waals surface area contributed by atoms with Gasteiger partial charge in [0.25, 0.3) is 10.0 Å². The van der Waals surface area contributed by atoms with Crippen LogP contribution in [-0.4, -0.2) is 46.2 Å². The topological polar surface area (TPSA) is 166 Å². The molecular weight excluding hydrogens is 386 g/mol. The lowest BCUT2D eigenvalue weighted by Crippen LogP contribution is -2.23. The van der Waals surface area contributed by atoms with Crippen molar-refractivity contribution in [2.24, 2.45) is 5.14 Å². The van der Waals surface area contributed by atoms with Gasteiger partial charge in [-0.15, -0.1) is 10.2 Å². The van der Waals surface area contributed by atoms with E-state index in [4.69, 9.17) is 9.88 Å². The molecule has 2 atom stereocenters. The predicted octanol–water partition coefficient (Wildman–Crippen LogP) is 0.745. The molecule has 1 aliphatic heterocycles. The van der Waals surface area contributed by atoms with Crippen molar-refractivity contribution in [3.05, 3.63) is 42.1 Å². The number of amides is 1. The van der Waals surface area contributed by atoms with Crippen molar-refractivity contribution in [1.29, 1.82) is 0 Å². The number of nitrogens with one attached hydrogen (secondary N) is 2. The molecule has 144 valence electrons. The van der Waals surface area contributed by atoms with Crippen LogP contribution in [0.1, 0.15) is 18.6 Å². The number of hydrogen-bond donors (Lipinski definition) is 3. The average Bonchev–Trinajstić information content (AvgIpc) is 3.30. The van der Waals surface area contributed by atoms with Crippen LogP contribution in [0.3, 0.4) is 0 Å². The second-order valence-corrected chi connectivity index (χ2v) is 7.68. The molecule has 3 heterocycles. The Morgan fingerprint density at radius 3 is 2.50 bits per heavy atom. The van der Waals surface area contributed by atoms with Gasteiger partial charge in [0, 0.05) is 6.20 Å². The fraction of sp³-hybridized carbons (Fsp3) is 0.188. The summed E-state index contributed by atoms with van der Waals surface area (Å²) in [4.78, 5) is 15.3. The minimum Gasteiger partial charge on any atom is -0.439 e. The lowest BCUT2D eigenvalue weighted by atomic mass is 9.97. The Kier molecular flexibility index (Phi) is 4.28. The molecule has 1 saturated heterocycles. The first kappa shape index (κ1) is 18.0. The summed E-state index contributed by atoms with van der Waals surface area (Å²) in [5, 5.41) is 21.2. The van der Waals surface area contributed by atoms with Gasteiger partial charge in [0.2, 0.25) is 5.82 Å². The van der Waals surface area contributed by atoms with Crippen LogP contribution in [0.5, 0.6) is 0 Å². The molecule has 2 unspecified atom stereocenters. The first-order valence-corrected chi connectivity index (χ1v) is 9.72. The summed E-state index contributed by atoms with van der Waals surface area (Å²) < 4.78 is 29.3. The molecule has 4 N–H and O–H groups in total. The van der Waals surface area contributed by atoms with Gasteiger partial charge in [-0.05, 0) is 34.9 Å². The lowest BCUT2D eigenvalue weighted by molar-refractivity contribution is 0.134. The van der Waals surface area contributed by atoms with E-state index in [1.165, 1.54) is 6.20 Å². The van der Waals surface area contributed by atoms with E-state index in [1.807, 2.05) is 6.92 Å². The molecule has 0 aliphatic carbocycles. The summed E-state index contributed by atoms with van der Waals surface area (Å²) >= 11 is 0. The van der Waals surface area contributed by atoms with Crippen LogP contribution in [0.15, 0.2) is 41.6 Å². The molecule has 0 spiro atoms. The molecular formula is C16H15N7O4S. The van der Waals surface area contributed by atoms with Gasteiger partial charge in [-0.25, -0.2) is 23.3 Å². The molecule has 11 nitrogen and oxygen atoms in total. The Labute approximate surface area is 159 Å². The minimum absolute atomic E-state index is 0.0544. The van der Waals surface area contributed by atoms with E-state index in [2.05, 4.69) is 30.9 Å². The highest BCUT2D eigenvalue weighted by Gasteiger charge is 2.32. The van der Waals surface area contributed by atoms with E-state index in [0.29, 0.717) is 11.1 Å². The van der Waals surface area contributed by atoms with Crippen molar-refractivity contribution in [2.45, 2.75) is 24.1 Å². The zero-order valence-corrected chi connectivity index (χ0v) is 15.3. The summed E-state index contributed by atoms with van der Waals surface area (Å²) in [6, 6.07) is 8.62. The maximum absolute atomic E-state index is 12.0. The van der Waals surface area contributed by atoms with E-state index >= 15 is 0 Å². The minimum atomic E-state index is -4.12. The molecule has 1 fully saturated rings. The Balaban J connectivity index is 1.81. The number of tetrazole rings is 1. The zero-order chi connectivity index (χ0) is 19.9. The van der Waals surface area contributed by atoms with Crippen LogP contribution in [-0.2, 0) is 14.8 Å². The second-order valence-electron chi connectivity index (χ2n) is 6.20. The smallest absolute Gasteiger partial charge is 0.408 e. The number of H-pyrrole nitrogens is 1. The van der Waals surface area contributed by atoms with Gasteiger partial charge in [-0.2, -0.15) is 5.21 Å². The first-order chi connectivity index (χ1) is 13.3. The summed E-state index contributed by atoms with van der Waals surface area (Å²) in [6.45, 7) is 1.85. The Bertz CT molecular complexity index is 1130. The fourth-order valence-electron chi connectivity index (χ4n) is 3.10. The van der Waals surface area contributed by atoms with Crippen molar-refractivity contribution in [3.8, 4) is 22.5 Å². The molecule has 1 aliphatic rings. The molecule has 4 rings (SSSR count). The van der Waals surface area contributed by atoms with Crippen LogP contribution in [0.4, 0.5) is 4.79 Å². The van der Waals surface area contributed by atoms with Crippen molar-refractivity contribution in [3.63, 3.8) is 0 Å². The number of pyridine rings is 1. The molecule has 2 aromatic heterocycles. The van der Waals surface area contributed by atoms with E-state index in [0.717, 1.165) is 5.56 Å². The summed E-state index contributed by atoms with van der Waals surface area (Å²) in [5.74, 6) is 0.0544. The number of benzene rings is 1. The maximum atomic E-state index is 12.0. The Morgan fingerprint density at radius 2 is 1.93 bits per heavy atom. The van der Waals surface area contributed by atoms with Gasteiger partial charge < -0.3 is 10.1 Å². The number of aromatic nitrogens is 5. The Hall–Kier alpha value is -3.38. The van der Waals surface area contributed by atoms with E-state index < -0.39 is 22.2 Å². The molecule has 0 bridgehead atoms. The number of primary sulfonamides is 1. The van der Waals surface area contributed by atoms with Gasteiger partial charge in [0.15, 0.2) is 5.03 Å². The van der Waals surface area contributed by atoms with Gasteiger partial charge in [0.05, 0.1) is 11.6 Å². The third kappa shape index (κ3) is 3.18. The molecule has 1 amide bonds. The van der Waals surface area contributed by atoms with Crippen molar-refractivity contribution >= 4 is 16.1 Å². The first-order valence-electron chi connectivity index (χ1n) is 8.17. The van der Waals surface area contributed by atoms with Crippen LogP contribution in [0.2, 0.25) is 0 Å². The highest BCUT2D eigenvalue weighted by atomic mass is 32.2. The van der Waals surface area contributed by atoms with Crippen molar-refractivity contribution in [1.82, 2.24) is 30.9 Å². The average molecular weight is 401 g/mol. The number of rotatable bonds is 4. The SMILES string of the molecule is CC1NC(=O)OC1c1ccc(-c2ccnc(S(N)(=O)=O)c2-c2nn[nH]n2)cc1. The molecule has 3 aromatic rings.